The van der Waals surface area contributed by atoms with E-state index in [1.807, 2.05) is 33.0 Å². The van der Waals surface area contributed by atoms with Crippen molar-refractivity contribution in [1.82, 2.24) is 5.32 Å². The lowest BCUT2D eigenvalue weighted by Crippen LogP contribution is -2.16. The molecular weight excluding hydrogens is 218 g/mol. The first-order valence-corrected chi connectivity index (χ1v) is 5.90. The fraction of sp³-hybridized carbons (Fsp3) is 0.429. The van der Waals surface area contributed by atoms with E-state index in [0.29, 0.717) is 0 Å². The zero-order valence-corrected chi connectivity index (χ0v) is 10.9. The van der Waals surface area contributed by atoms with E-state index in [0.717, 1.165) is 23.4 Å². The number of hydrogen-bond donors (Lipinski definition) is 1. The van der Waals surface area contributed by atoms with Crippen LogP contribution < -0.4 is 5.32 Å². The summed E-state index contributed by atoms with van der Waals surface area (Å²) in [4.78, 5) is 0. The van der Waals surface area contributed by atoms with Crippen molar-refractivity contribution in [3.8, 4) is 11.8 Å². The van der Waals surface area contributed by atoms with Crippen molar-refractivity contribution in [3.63, 3.8) is 0 Å². The second-order valence-electron chi connectivity index (χ2n) is 3.78. The van der Waals surface area contributed by atoms with Gasteiger partial charge in [-0.15, -0.1) is 11.8 Å². The lowest BCUT2D eigenvalue weighted by Gasteiger charge is -2.17. The van der Waals surface area contributed by atoms with Crippen molar-refractivity contribution in [2.75, 3.05) is 7.05 Å². The van der Waals surface area contributed by atoms with Gasteiger partial charge in [0.1, 0.15) is 0 Å². The molecule has 2 heteroatoms. The quantitative estimate of drug-likeness (QED) is 0.785. The van der Waals surface area contributed by atoms with Gasteiger partial charge in [0.2, 0.25) is 0 Å². The summed E-state index contributed by atoms with van der Waals surface area (Å²) < 4.78 is 0. The molecule has 16 heavy (non-hydrogen) atoms. The maximum absolute atomic E-state index is 6.30. The molecule has 1 rings (SSSR count). The molecule has 1 atom stereocenters. The van der Waals surface area contributed by atoms with Gasteiger partial charge in [-0.3, -0.25) is 0 Å². The smallest absolute Gasteiger partial charge is 0.0482 e. The third-order valence-electron chi connectivity index (χ3n) is 2.68. The van der Waals surface area contributed by atoms with E-state index < -0.39 is 0 Å². The van der Waals surface area contributed by atoms with Gasteiger partial charge in [-0.25, -0.2) is 0 Å². The van der Waals surface area contributed by atoms with Crippen molar-refractivity contribution in [2.45, 2.75) is 32.7 Å². The van der Waals surface area contributed by atoms with Crippen LogP contribution in [0.1, 0.15) is 36.9 Å². The summed E-state index contributed by atoms with van der Waals surface area (Å²) in [6.07, 6.45) is 1.88. The molecule has 0 radical (unpaired) electrons. The largest absolute Gasteiger partial charge is 0.313 e. The summed E-state index contributed by atoms with van der Waals surface area (Å²) in [5, 5.41) is 4.16. The molecule has 1 N–H and O–H groups in total. The maximum Gasteiger partial charge on any atom is 0.0482 e. The molecule has 0 bridgehead atoms. The summed E-state index contributed by atoms with van der Waals surface area (Å²) >= 11 is 6.30. The molecule has 0 aromatic heterocycles. The van der Waals surface area contributed by atoms with Gasteiger partial charge < -0.3 is 5.32 Å². The summed E-state index contributed by atoms with van der Waals surface area (Å²) in [5.41, 5.74) is 2.29. The Hall–Kier alpha value is -0.970. The Labute approximate surface area is 103 Å². The zero-order valence-electron chi connectivity index (χ0n) is 10.1. The first-order valence-electron chi connectivity index (χ1n) is 5.52. The number of nitrogens with one attached hydrogen (secondary N) is 1. The summed E-state index contributed by atoms with van der Waals surface area (Å²) in [7, 11) is 1.96. The lowest BCUT2D eigenvalue weighted by atomic mass is 10.0. The highest BCUT2D eigenvalue weighted by Crippen LogP contribution is 2.28. The molecule has 0 aliphatic rings. The minimum atomic E-state index is 0.285. The van der Waals surface area contributed by atoms with Crippen LogP contribution in [0.5, 0.6) is 0 Å². The topological polar surface area (TPSA) is 12.0 Å². The van der Waals surface area contributed by atoms with Crippen LogP contribution in [-0.2, 0) is 0 Å². The molecule has 1 unspecified atom stereocenters. The number of rotatable bonds is 4. The highest BCUT2D eigenvalue weighted by molar-refractivity contribution is 6.32. The Morgan fingerprint density at radius 3 is 2.81 bits per heavy atom. The highest BCUT2D eigenvalue weighted by Gasteiger charge is 2.12. The average molecular weight is 236 g/mol. The number of aryl methyl sites for hydroxylation is 1. The number of halogens is 1. The minimum absolute atomic E-state index is 0.285. The first kappa shape index (κ1) is 13.1. The SMILES string of the molecule is CC#CCCC(NC)c1cccc(C)c1Cl. The highest BCUT2D eigenvalue weighted by atomic mass is 35.5. The van der Waals surface area contributed by atoms with Crippen LogP contribution in [0.25, 0.3) is 0 Å². The van der Waals surface area contributed by atoms with Crippen molar-refractivity contribution < 1.29 is 0 Å². The molecule has 0 saturated heterocycles. The van der Waals surface area contributed by atoms with Gasteiger partial charge in [-0.05, 0) is 38.4 Å². The van der Waals surface area contributed by atoms with E-state index >= 15 is 0 Å². The molecule has 0 amide bonds. The van der Waals surface area contributed by atoms with Gasteiger partial charge in [0, 0.05) is 17.5 Å². The van der Waals surface area contributed by atoms with Crippen LogP contribution >= 0.6 is 11.6 Å². The molecule has 1 nitrogen and oxygen atoms in total. The van der Waals surface area contributed by atoms with Crippen molar-refractivity contribution in [3.05, 3.63) is 34.3 Å². The van der Waals surface area contributed by atoms with Crippen molar-refractivity contribution in [1.29, 1.82) is 0 Å². The summed E-state index contributed by atoms with van der Waals surface area (Å²) in [5.74, 6) is 6.00. The molecular formula is C14H18ClN. The number of hydrogen-bond acceptors (Lipinski definition) is 1. The van der Waals surface area contributed by atoms with Gasteiger partial charge in [0.15, 0.2) is 0 Å². The van der Waals surface area contributed by atoms with Gasteiger partial charge in [0.25, 0.3) is 0 Å². The Balaban J connectivity index is 2.85. The Morgan fingerprint density at radius 1 is 1.44 bits per heavy atom. The normalized spacial score (nSPS) is 11.8. The zero-order chi connectivity index (χ0) is 12.0. The molecule has 0 heterocycles. The van der Waals surface area contributed by atoms with Crippen LogP contribution in [0.2, 0.25) is 5.02 Å². The fourth-order valence-electron chi connectivity index (χ4n) is 1.74. The molecule has 0 saturated carbocycles. The van der Waals surface area contributed by atoms with E-state index in [-0.39, 0.29) is 6.04 Å². The van der Waals surface area contributed by atoms with Crippen LogP contribution in [-0.4, -0.2) is 7.05 Å². The average Bonchev–Trinajstić information content (AvgIpc) is 2.29. The predicted molar refractivity (Wildman–Crippen MR) is 70.7 cm³/mol. The molecule has 86 valence electrons. The van der Waals surface area contributed by atoms with E-state index in [1.165, 1.54) is 5.56 Å². The van der Waals surface area contributed by atoms with Crippen LogP contribution in [0.15, 0.2) is 18.2 Å². The third-order valence-corrected chi connectivity index (χ3v) is 3.20. The Kier molecular flexibility index (Phi) is 5.38. The minimum Gasteiger partial charge on any atom is -0.313 e. The molecule has 1 aromatic rings. The second-order valence-corrected chi connectivity index (χ2v) is 4.16. The van der Waals surface area contributed by atoms with Crippen LogP contribution in [0, 0.1) is 18.8 Å². The monoisotopic (exact) mass is 235 g/mol. The van der Waals surface area contributed by atoms with Crippen LogP contribution in [0.3, 0.4) is 0 Å². The predicted octanol–water partition coefficient (Wildman–Crippen LogP) is 3.71. The third kappa shape index (κ3) is 3.27. The van der Waals surface area contributed by atoms with Gasteiger partial charge in [-0.1, -0.05) is 29.8 Å². The molecule has 0 aliphatic carbocycles. The standard InChI is InChI=1S/C14H18ClN/c1-4-5-6-10-13(16-3)12-9-7-8-11(2)14(12)15/h7-9,13,16H,6,10H2,1-3H3. The summed E-state index contributed by atoms with van der Waals surface area (Å²) in [6.45, 7) is 3.90. The van der Waals surface area contributed by atoms with Crippen LogP contribution in [0.4, 0.5) is 0 Å². The van der Waals surface area contributed by atoms with E-state index in [9.17, 15) is 0 Å². The van der Waals surface area contributed by atoms with Gasteiger partial charge >= 0.3 is 0 Å². The first-order chi connectivity index (χ1) is 7.70. The number of benzene rings is 1. The van der Waals surface area contributed by atoms with E-state index in [4.69, 9.17) is 11.6 Å². The summed E-state index contributed by atoms with van der Waals surface area (Å²) in [6, 6.07) is 6.44. The molecule has 0 aliphatic heterocycles. The van der Waals surface area contributed by atoms with Crippen molar-refractivity contribution >= 4 is 11.6 Å². The second kappa shape index (κ2) is 6.58. The molecule has 0 fully saturated rings. The van der Waals surface area contributed by atoms with E-state index in [2.05, 4.69) is 23.2 Å². The van der Waals surface area contributed by atoms with E-state index in [1.54, 1.807) is 0 Å². The Morgan fingerprint density at radius 2 is 2.19 bits per heavy atom. The maximum atomic E-state index is 6.30. The van der Waals surface area contributed by atoms with Gasteiger partial charge in [-0.2, -0.15) is 0 Å². The van der Waals surface area contributed by atoms with Gasteiger partial charge in [0.05, 0.1) is 0 Å². The molecule has 1 aromatic carbocycles. The fourth-order valence-corrected chi connectivity index (χ4v) is 1.99. The molecule has 0 spiro atoms. The van der Waals surface area contributed by atoms with Crippen molar-refractivity contribution in [2.24, 2.45) is 0 Å². The lowest BCUT2D eigenvalue weighted by molar-refractivity contribution is 0.558. The Bertz CT molecular complexity index is 401.